The Bertz CT molecular complexity index is 621. The SMILES string of the molecule is COc1c(C(C)(O)c2ccc(F)cn2)ccc(C)c1C. The van der Waals surface area contributed by atoms with Crippen LogP contribution in [0.2, 0.25) is 0 Å². The van der Waals surface area contributed by atoms with Crippen molar-refractivity contribution in [2.75, 3.05) is 7.11 Å². The van der Waals surface area contributed by atoms with Crippen LogP contribution in [0.1, 0.15) is 29.3 Å². The maximum atomic E-state index is 13.0. The number of halogens is 1. The number of ether oxygens (including phenoxy) is 1. The Balaban J connectivity index is 2.59. The van der Waals surface area contributed by atoms with E-state index in [1.54, 1.807) is 14.0 Å². The molecule has 0 saturated carbocycles. The first-order chi connectivity index (χ1) is 9.37. The summed E-state index contributed by atoms with van der Waals surface area (Å²) in [6.45, 7) is 5.54. The van der Waals surface area contributed by atoms with E-state index >= 15 is 0 Å². The van der Waals surface area contributed by atoms with Gasteiger partial charge in [0, 0.05) is 5.56 Å². The van der Waals surface area contributed by atoms with Crippen molar-refractivity contribution in [1.82, 2.24) is 4.98 Å². The number of aromatic nitrogens is 1. The number of rotatable bonds is 3. The van der Waals surface area contributed by atoms with Crippen LogP contribution in [0.4, 0.5) is 4.39 Å². The van der Waals surface area contributed by atoms with Crippen molar-refractivity contribution in [3.63, 3.8) is 0 Å². The predicted octanol–water partition coefficient (Wildman–Crippen LogP) is 3.10. The molecule has 1 aromatic carbocycles. The molecule has 0 amide bonds. The summed E-state index contributed by atoms with van der Waals surface area (Å²) in [7, 11) is 1.57. The molecule has 0 fully saturated rings. The van der Waals surface area contributed by atoms with Gasteiger partial charge in [0.15, 0.2) is 0 Å². The summed E-state index contributed by atoms with van der Waals surface area (Å²) in [6.07, 6.45) is 1.09. The standard InChI is InChI=1S/C16H18FNO2/c1-10-5-7-13(15(20-4)11(10)2)16(3,19)14-8-6-12(17)9-18-14/h5-9,19H,1-4H3. The van der Waals surface area contributed by atoms with Crippen LogP contribution in [-0.2, 0) is 5.60 Å². The molecular formula is C16H18FNO2. The van der Waals surface area contributed by atoms with Crippen LogP contribution in [0.15, 0.2) is 30.5 Å². The Morgan fingerprint density at radius 1 is 1.20 bits per heavy atom. The fourth-order valence-corrected chi connectivity index (χ4v) is 2.24. The van der Waals surface area contributed by atoms with Gasteiger partial charge in [0.05, 0.1) is 19.0 Å². The molecule has 0 aliphatic carbocycles. The van der Waals surface area contributed by atoms with Gasteiger partial charge in [0.25, 0.3) is 0 Å². The number of methoxy groups -OCH3 is 1. The van der Waals surface area contributed by atoms with Crippen LogP contribution in [0.3, 0.4) is 0 Å². The van der Waals surface area contributed by atoms with Crippen molar-refractivity contribution in [3.05, 3.63) is 58.7 Å². The van der Waals surface area contributed by atoms with E-state index < -0.39 is 11.4 Å². The number of pyridine rings is 1. The van der Waals surface area contributed by atoms with Crippen molar-refractivity contribution in [2.24, 2.45) is 0 Å². The second-order valence-electron chi connectivity index (χ2n) is 5.02. The summed E-state index contributed by atoms with van der Waals surface area (Å²) in [4.78, 5) is 3.97. The molecule has 0 aliphatic rings. The van der Waals surface area contributed by atoms with Crippen LogP contribution in [-0.4, -0.2) is 17.2 Å². The molecule has 1 unspecified atom stereocenters. The van der Waals surface area contributed by atoms with E-state index in [1.807, 2.05) is 26.0 Å². The summed E-state index contributed by atoms with van der Waals surface area (Å²) in [5.41, 5.74) is 1.68. The van der Waals surface area contributed by atoms with E-state index in [0.717, 1.165) is 17.3 Å². The third-order valence-electron chi connectivity index (χ3n) is 3.63. The number of aryl methyl sites for hydroxylation is 1. The fraction of sp³-hybridized carbons (Fsp3) is 0.312. The Labute approximate surface area is 118 Å². The number of aliphatic hydroxyl groups is 1. The molecule has 1 aromatic heterocycles. The second-order valence-corrected chi connectivity index (χ2v) is 5.02. The van der Waals surface area contributed by atoms with E-state index in [0.29, 0.717) is 17.0 Å². The highest BCUT2D eigenvalue weighted by Gasteiger charge is 2.31. The minimum Gasteiger partial charge on any atom is -0.496 e. The lowest BCUT2D eigenvalue weighted by atomic mass is 9.88. The highest BCUT2D eigenvalue weighted by molar-refractivity contribution is 5.50. The largest absolute Gasteiger partial charge is 0.496 e. The van der Waals surface area contributed by atoms with Crippen molar-refractivity contribution in [1.29, 1.82) is 0 Å². The molecule has 1 atom stereocenters. The van der Waals surface area contributed by atoms with Gasteiger partial charge in [-0.3, -0.25) is 4.98 Å². The first-order valence-electron chi connectivity index (χ1n) is 6.37. The molecule has 1 N–H and O–H groups in total. The normalized spacial score (nSPS) is 13.9. The summed E-state index contributed by atoms with van der Waals surface area (Å²) in [6, 6.07) is 6.49. The molecule has 0 radical (unpaired) electrons. The van der Waals surface area contributed by atoms with Crippen LogP contribution < -0.4 is 4.74 Å². The smallest absolute Gasteiger partial charge is 0.141 e. The van der Waals surface area contributed by atoms with Crippen molar-refractivity contribution in [2.45, 2.75) is 26.4 Å². The van der Waals surface area contributed by atoms with Gasteiger partial charge in [-0.2, -0.15) is 0 Å². The first kappa shape index (κ1) is 14.5. The predicted molar refractivity (Wildman–Crippen MR) is 75.3 cm³/mol. The average Bonchev–Trinajstić information content (AvgIpc) is 2.42. The van der Waals surface area contributed by atoms with Crippen LogP contribution in [0.25, 0.3) is 0 Å². The monoisotopic (exact) mass is 275 g/mol. The molecule has 2 aromatic rings. The van der Waals surface area contributed by atoms with Crippen LogP contribution in [0.5, 0.6) is 5.75 Å². The quantitative estimate of drug-likeness (QED) is 0.936. The Hall–Kier alpha value is -1.94. The molecule has 0 spiro atoms. The molecular weight excluding hydrogens is 257 g/mol. The Morgan fingerprint density at radius 2 is 1.90 bits per heavy atom. The maximum absolute atomic E-state index is 13.0. The lowest BCUT2D eigenvalue weighted by molar-refractivity contribution is 0.0939. The van der Waals surface area contributed by atoms with Gasteiger partial charge in [-0.15, -0.1) is 0 Å². The summed E-state index contributed by atoms with van der Waals surface area (Å²) in [5, 5.41) is 10.8. The molecule has 3 nitrogen and oxygen atoms in total. The summed E-state index contributed by atoms with van der Waals surface area (Å²) in [5.74, 6) is 0.192. The number of nitrogens with zero attached hydrogens (tertiary/aromatic N) is 1. The zero-order valence-electron chi connectivity index (χ0n) is 12.1. The first-order valence-corrected chi connectivity index (χ1v) is 6.37. The van der Waals surface area contributed by atoms with Gasteiger partial charge in [-0.25, -0.2) is 4.39 Å². The molecule has 2 rings (SSSR count). The fourth-order valence-electron chi connectivity index (χ4n) is 2.24. The minimum atomic E-state index is -1.35. The molecule has 0 bridgehead atoms. The van der Waals surface area contributed by atoms with Crippen molar-refractivity contribution < 1.29 is 14.2 Å². The zero-order valence-corrected chi connectivity index (χ0v) is 12.1. The molecule has 0 aliphatic heterocycles. The van der Waals surface area contributed by atoms with E-state index in [-0.39, 0.29) is 0 Å². The highest BCUT2D eigenvalue weighted by atomic mass is 19.1. The van der Waals surface area contributed by atoms with E-state index in [1.165, 1.54) is 12.1 Å². The molecule has 4 heteroatoms. The number of benzene rings is 1. The molecule has 0 saturated heterocycles. The van der Waals surface area contributed by atoms with Crippen LogP contribution in [0, 0.1) is 19.7 Å². The minimum absolute atomic E-state index is 0.375. The van der Waals surface area contributed by atoms with Gasteiger partial charge in [0.2, 0.25) is 0 Å². The van der Waals surface area contributed by atoms with Crippen molar-refractivity contribution in [3.8, 4) is 5.75 Å². The van der Waals surface area contributed by atoms with Gasteiger partial charge < -0.3 is 9.84 Å². The van der Waals surface area contributed by atoms with E-state index in [9.17, 15) is 9.50 Å². The molecule has 1 heterocycles. The summed E-state index contributed by atoms with van der Waals surface area (Å²) >= 11 is 0. The molecule has 20 heavy (non-hydrogen) atoms. The van der Waals surface area contributed by atoms with E-state index in [2.05, 4.69) is 4.98 Å². The van der Waals surface area contributed by atoms with Gasteiger partial charge in [0.1, 0.15) is 17.2 Å². The third kappa shape index (κ3) is 2.39. The van der Waals surface area contributed by atoms with Gasteiger partial charge in [-0.05, 0) is 44.0 Å². The van der Waals surface area contributed by atoms with Crippen LogP contribution >= 0.6 is 0 Å². The summed E-state index contributed by atoms with van der Waals surface area (Å²) < 4.78 is 18.4. The lowest BCUT2D eigenvalue weighted by Gasteiger charge is -2.26. The van der Waals surface area contributed by atoms with Crippen molar-refractivity contribution >= 4 is 0 Å². The van der Waals surface area contributed by atoms with E-state index in [4.69, 9.17) is 4.74 Å². The van der Waals surface area contributed by atoms with Gasteiger partial charge >= 0.3 is 0 Å². The number of hydrogen-bond donors (Lipinski definition) is 1. The van der Waals surface area contributed by atoms with Gasteiger partial charge in [-0.1, -0.05) is 12.1 Å². The highest BCUT2D eigenvalue weighted by Crippen LogP contribution is 2.37. The third-order valence-corrected chi connectivity index (χ3v) is 3.63. The Morgan fingerprint density at radius 3 is 2.45 bits per heavy atom. The topological polar surface area (TPSA) is 42.4 Å². The average molecular weight is 275 g/mol. The Kier molecular flexibility index (Phi) is 3.77. The maximum Gasteiger partial charge on any atom is 0.141 e. The lowest BCUT2D eigenvalue weighted by Crippen LogP contribution is -2.25. The second kappa shape index (κ2) is 5.21. The zero-order chi connectivity index (χ0) is 14.9. The number of hydrogen-bond acceptors (Lipinski definition) is 3. The molecule has 106 valence electrons.